The van der Waals surface area contributed by atoms with Crippen LogP contribution in [0.2, 0.25) is 0 Å². The second-order valence-electron chi connectivity index (χ2n) is 8.46. The lowest BCUT2D eigenvalue weighted by Crippen LogP contribution is -2.47. The molecule has 3 rings (SSSR count). The van der Waals surface area contributed by atoms with Crippen molar-refractivity contribution < 1.29 is 4.74 Å². The quantitative estimate of drug-likeness (QED) is 0.638. The van der Waals surface area contributed by atoms with E-state index in [0.29, 0.717) is 11.8 Å². The SMILES string of the molecule is CCCCCc1cc(C#N)c2c(c1)OC(C)(C)[C@@H]1CC[C@H](C)C[C@@H]21. The van der Waals surface area contributed by atoms with Crippen LogP contribution in [0.4, 0.5) is 0 Å². The summed E-state index contributed by atoms with van der Waals surface area (Å²) in [6.45, 7) is 9.05. The van der Waals surface area contributed by atoms with Crippen molar-refractivity contribution in [3.63, 3.8) is 0 Å². The molecule has 1 aliphatic carbocycles. The van der Waals surface area contributed by atoms with Crippen molar-refractivity contribution in [2.45, 2.75) is 84.2 Å². The lowest BCUT2D eigenvalue weighted by atomic mass is 9.63. The Balaban J connectivity index is 2.00. The van der Waals surface area contributed by atoms with Crippen molar-refractivity contribution >= 4 is 0 Å². The third-order valence-electron chi connectivity index (χ3n) is 6.14. The van der Waals surface area contributed by atoms with Gasteiger partial charge in [-0.1, -0.05) is 33.1 Å². The maximum atomic E-state index is 9.77. The van der Waals surface area contributed by atoms with Crippen LogP contribution in [0.1, 0.15) is 88.8 Å². The van der Waals surface area contributed by atoms with E-state index in [9.17, 15) is 5.26 Å². The molecule has 1 fully saturated rings. The smallest absolute Gasteiger partial charge is 0.125 e. The standard InChI is InChI=1S/C22H31NO/c1-5-6-7-8-16-12-17(14-23)21-18-11-15(2)9-10-19(18)22(3,4)24-20(21)13-16/h12-13,15,18-19H,5-11H2,1-4H3/t15-,18+,19+/m0/s1. The molecule has 130 valence electrons. The first-order valence-electron chi connectivity index (χ1n) is 9.72. The summed E-state index contributed by atoms with van der Waals surface area (Å²) in [5, 5.41) is 9.77. The second-order valence-corrected chi connectivity index (χ2v) is 8.46. The van der Waals surface area contributed by atoms with Gasteiger partial charge in [-0.3, -0.25) is 0 Å². The van der Waals surface area contributed by atoms with Gasteiger partial charge in [0.1, 0.15) is 11.4 Å². The van der Waals surface area contributed by atoms with Gasteiger partial charge in [0.15, 0.2) is 0 Å². The molecule has 0 N–H and O–H groups in total. The van der Waals surface area contributed by atoms with E-state index in [4.69, 9.17) is 4.74 Å². The molecule has 1 aromatic rings. The average molecular weight is 325 g/mol. The molecule has 3 atom stereocenters. The van der Waals surface area contributed by atoms with Gasteiger partial charge in [-0.25, -0.2) is 0 Å². The highest BCUT2D eigenvalue weighted by Gasteiger charge is 2.46. The monoisotopic (exact) mass is 325 g/mol. The van der Waals surface area contributed by atoms with Crippen molar-refractivity contribution in [3.05, 3.63) is 28.8 Å². The zero-order chi connectivity index (χ0) is 17.3. The molecule has 0 amide bonds. The Morgan fingerprint density at radius 2 is 2.04 bits per heavy atom. The third-order valence-corrected chi connectivity index (χ3v) is 6.14. The second kappa shape index (κ2) is 6.79. The number of nitriles is 1. The molecule has 0 unspecified atom stereocenters. The van der Waals surface area contributed by atoms with Crippen LogP contribution in [-0.2, 0) is 6.42 Å². The van der Waals surface area contributed by atoms with E-state index >= 15 is 0 Å². The first-order valence-corrected chi connectivity index (χ1v) is 9.72. The maximum absolute atomic E-state index is 9.77. The summed E-state index contributed by atoms with van der Waals surface area (Å²) in [6, 6.07) is 6.84. The van der Waals surface area contributed by atoms with Crippen LogP contribution >= 0.6 is 0 Å². The van der Waals surface area contributed by atoms with E-state index in [1.807, 2.05) is 0 Å². The Hall–Kier alpha value is -1.49. The van der Waals surface area contributed by atoms with Gasteiger partial charge in [0, 0.05) is 11.5 Å². The molecule has 0 bridgehead atoms. The topological polar surface area (TPSA) is 33.0 Å². The third kappa shape index (κ3) is 3.18. The van der Waals surface area contributed by atoms with Crippen molar-refractivity contribution in [2.24, 2.45) is 11.8 Å². The van der Waals surface area contributed by atoms with E-state index in [1.54, 1.807) is 0 Å². The number of aryl methyl sites for hydroxylation is 1. The van der Waals surface area contributed by atoms with Crippen LogP contribution in [0.5, 0.6) is 5.75 Å². The molecule has 0 saturated heterocycles. The molecule has 0 aromatic heterocycles. The number of hydrogen-bond acceptors (Lipinski definition) is 2. The van der Waals surface area contributed by atoms with Crippen molar-refractivity contribution in [3.8, 4) is 11.8 Å². The number of benzene rings is 1. The highest BCUT2D eigenvalue weighted by molar-refractivity contribution is 5.53. The first-order chi connectivity index (χ1) is 11.5. The summed E-state index contributed by atoms with van der Waals surface area (Å²) >= 11 is 0. The molecular formula is C22H31NO. The van der Waals surface area contributed by atoms with Gasteiger partial charge in [-0.15, -0.1) is 0 Å². The fourth-order valence-corrected chi connectivity index (χ4v) is 4.86. The largest absolute Gasteiger partial charge is 0.487 e. The first kappa shape index (κ1) is 17.3. The summed E-state index contributed by atoms with van der Waals surface area (Å²) in [7, 11) is 0. The number of fused-ring (bicyclic) bond motifs is 3. The summed E-state index contributed by atoms with van der Waals surface area (Å²) in [5.41, 5.74) is 3.19. The molecule has 2 nitrogen and oxygen atoms in total. The number of ether oxygens (including phenoxy) is 1. The number of unbranched alkanes of at least 4 members (excludes halogenated alkanes) is 2. The van der Waals surface area contributed by atoms with Crippen LogP contribution < -0.4 is 4.74 Å². The van der Waals surface area contributed by atoms with Crippen molar-refractivity contribution in [1.29, 1.82) is 5.26 Å². The van der Waals surface area contributed by atoms with Gasteiger partial charge in [0.2, 0.25) is 0 Å². The molecule has 2 heteroatoms. The van der Waals surface area contributed by atoms with E-state index in [-0.39, 0.29) is 5.60 Å². The van der Waals surface area contributed by atoms with Gasteiger partial charge in [0.05, 0.1) is 11.6 Å². The Kier molecular flexibility index (Phi) is 4.90. The van der Waals surface area contributed by atoms with E-state index in [0.717, 1.165) is 23.7 Å². The van der Waals surface area contributed by atoms with Crippen LogP contribution in [0.15, 0.2) is 12.1 Å². The minimum atomic E-state index is -0.132. The molecule has 0 radical (unpaired) electrons. The molecular weight excluding hydrogens is 294 g/mol. The van der Waals surface area contributed by atoms with E-state index in [1.165, 1.54) is 49.7 Å². The van der Waals surface area contributed by atoms with Gasteiger partial charge >= 0.3 is 0 Å². The molecule has 1 aliphatic heterocycles. The minimum Gasteiger partial charge on any atom is -0.487 e. The number of hydrogen-bond donors (Lipinski definition) is 0. The van der Waals surface area contributed by atoms with Gasteiger partial charge in [-0.05, 0) is 69.1 Å². The predicted molar refractivity (Wildman–Crippen MR) is 98.3 cm³/mol. The summed E-state index contributed by atoms with van der Waals surface area (Å²) in [4.78, 5) is 0. The summed E-state index contributed by atoms with van der Waals surface area (Å²) in [6.07, 6.45) is 8.38. The predicted octanol–water partition coefficient (Wildman–Crippen LogP) is 5.98. The normalized spacial score (nSPS) is 27.5. The Morgan fingerprint density at radius 3 is 2.75 bits per heavy atom. The van der Waals surface area contributed by atoms with Crippen LogP contribution in [0, 0.1) is 23.2 Å². The maximum Gasteiger partial charge on any atom is 0.125 e. The zero-order valence-electron chi connectivity index (χ0n) is 15.7. The lowest BCUT2D eigenvalue weighted by Gasteiger charge is -2.49. The molecule has 0 spiro atoms. The molecule has 24 heavy (non-hydrogen) atoms. The molecule has 1 saturated carbocycles. The van der Waals surface area contributed by atoms with Gasteiger partial charge in [-0.2, -0.15) is 5.26 Å². The molecule has 1 heterocycles. The van der Waals surface area contributed by atoms with Gasteiger partial charge in [0.25, 0.3) is 0 Å². The van der Waals surface area contributed by atoms with E-state index in [2.05, 4.69) is 45.9 Å². The van der Waals surface area contributed by atoms with Crippen LogP contribution in [-0.4, -0.2) is 5.60 Å². The summed E-state index contributed by atoms with van der Waals surface area (Å²) in [5.74, 6) is 2.73. The van der Waals surface area contributed by atoms with Crippen LogP contribution in [0.25, 0.3) is 0 Å². The Bertz CT molecular complexity index is 640. The van der Waals surface area contributed by atoms with Crippen molar-refractivity contribution in [1.82, 2.24) is 0 Å². The Morgan fingerprint density at radius 1 is 1.25 bits per heavy atom. The summed E-state index contributed by atoms with van der Waals surface area (Å²) < 4.78 is 6.46. The highest BCUT2D eigenvalue weighted by atomic mass is 16.5. The Labute approximate surface area is 147 Å². The fourth-order valence-electron chi connectivity index (χ4n) is 4.86. The van der Waals surface area contributed by atoms with E-state index < -0.39 is 0 Å². The number of nitrogens with zero attached hydrogens (tertiary/aromatic N) is 1. The van der Waals surface area contributed by atoms with Crippen LogP contribution in [0.3, 0.4) is 0 Å². The molecule has 1 aromatic carbocycles. The average Bonchev–Trinajstić information content (AvgIpc) is 2.53. The zero-order valence-corrected chi connectivity index (χ0v) is 15.7. The minimum absolute atomic E-state index is 0.132. The lowest BCUT2D eigenvalue weighted by molar-refractivity contribution is -0.0137. The van der Waals surface area contributed by atoms with Gasteiger partial charge < -0.3 is 4.74 Å². The molecule has 2 aliphatic rings. The number of rotatable bonds is 4. The van der Waals surface area contributed by atoms with Crippen molar-refractivity contribution in [2.75, 3.05) is 0 Å². The highest BCUT2D eigenvalue weighted by Crippen LogP contribution is 2.53. The fraction of sp³-hybridized carbons (Fsp3) is 0.682.